The number of phenolic OH excluding ortho intramolecular Hbond substituents is 2. The molecule has 0 saturated carbocycles. The number of aryl methyl sites for hydroxylation is 1. The Hall–Kier alpha value is -4.61. The number of carbonyl (C=O) groups is 3. The van der Waals surface area contributed by atoms with Crippen LogP contribution in [0.2, 0.25) is 10.0 Å². The zero-order valence-electron chi connectivity index (χ0n) is 47.4. The molecule has 79 heavy (non-hydrogen) atoms. The van der Waals surface area contributed by atoms with Crippen molar-refractivity contribution in [3.8, 4) is 11.5 Å². The van der Waals surface area contributed by atoms with Crippen LogP contribution in [0.15, 0.2) is 69.2 Å². The number of carbonyl (C=O) groups excluding carboxylic acids is 3. The molecule has 2 fully saturated rings. The Morgan fingerprint density at radius 1 is 0.899 bits per heavy atom. The van der Waals surface area contributed by atoms with E-state index in [0.29, 0.717) is 34.7 Å². The number of aliphatic hydroxyl groups is 5. The minimum Gasteiger partial charge on any atom is -0.505 e. The van der Waals surface area contributed by atoms with Crippen molar-refractivity contribution in [2.75, 3.05) is 13.7 Å². The third-order valence-electron chi connectivity index (χ3n) is 14.4. The van der Waals surface area contributed by atoms with Crippen molar-refractivity contribution in [1.82, 2.24) is 0 Å². The first kappa shape index (κ1) is 65.2. The quantitative estimate of drug-likeness (QED) is 0.0567. The van der Waals surface area contributed by atoms with Gasteiger partial charge in [-0.25, -0.2) is 14.4 Å². The van der Waals surface area contributed by atoms with E-state index in [0.717, 1.165) is 0 Å². The summed E-state index contributed by atoms with van der Waals surface area (Å²) in [6.45, 7) is 22.1. The predicted octanol–water partition coefficient (Wildman–Crippen LogP) is 8.09. The fourth-order valence-corrected chi connectivity index (χ4v) is 10.1. The number of benzene rings is 1. The first-order valence-electron chi connectivity index (χ1n) is 26.5. The van der Waals surface area contributed by atoms with Gasteiger partial charge in [0, 0.05) is 24.9 Å². The maximum atomic E-state index is 14.0. The van der Waals surface area contributed by atoms with Gasteiger partial charge in [-0.3, -0.25) is 0 Å². The number of phenols is 2. The highest BCUT2D eigenvalue weighted by Crippen LogP contribution is 2.45. The summed E-state index contributed by atoms with van der Waals surface area (Å²) >= 11 is 12.3. The lowest BCUT2D eigenvalue weighted by molar-refractivity contribution is -0.330. The number of hydrogen-bond donors (Lipinski definition) is 7. The maximum Gasteiger partial charge on any atom is 0.342 e. The first-order chi connectivity index (χ1) is 36.9. The summed E-state index contributed by atoms with van der Waals surface area (Å²) in [7, 11) is 1.26. The summed E-state index contributed by atoms with van der Waals surface area (Å²) in [5.74, 6) is -3.72. The van der Waals surface area contributed by atoms with E-state index in [9.17, 15) is 50.1 Å². The third-order valence-corrected chi connectivity index (χ3v) is 15.2. The highest BCUT2D eigenvalue weighted by atomic mass is 35.5. The molecule has 0 aliphatic carbocycles. The van der Waals surface area contributed by atoms with Gasteiger partial charge in [0.05, 0.1) is 47.2 Å². The highest BCUT2D eigenvalue weighted by Gasteiger charge is 2.53. The van der Waals surface area contributed by atoms with Crippen LogP contribution in [-0.4, -0.2) is 153 Å². The third kappa shape index (κ3) is 15.5. The fraction of sp³-hybridized carbons (Fsp3) is 0.603. The SMILES string of the molecule is CCc1c(Cl)c(O)c(Cl)c(O)c1C(=O)O[C@H]1[C@H](O)[C@H](OC)[C@H](OC/C2=C\C=C\C[C@H](O)/C(C)=C/[C@H](CC)[C@@H](O[C@@H]3OC(C)(C)[C@@H](O)[C@H](OC(=O)c4cc(C(C)(C)C)oc4C)[C@@H]3O)/C(C)=C/C(C)=C/C[C@@H]([C@@H](C)O)OC2=O)O[C@@H]1C. The lowest BCUT2D eigenvalue weighted by atomic mass is 9.88. The normalized spacial score (nSPS) is 33.0. The van der Waals surface area contributed by atoms with E-state index in [1.54, 1.807) is 52.8 Å². The zero-order valence-corrected chi connectivity index (χ0v) is 49.0. The average Bonchev–Trinajstić information content (AvgIpc) is 3.80. The molecule has 21 heteroatoms. The van der Waals surface area contributed by atoms with E-state index in [-0.39, 0.29) is 41.0 Å². The minimum atomic E-state index is -1.66. The van der Waals surface area contributed by atoms with E-state index >= 15 is 0 Å². The van der Waals surface area contributed by atoms with Crippen molar-refractivity contribution in [3.63, 3.8) is 0 Å². The fourth-order valence-electron chi connectivity index (χ4n) is 9.49. The van der Waals surface area contributed by atoms with Gasteiger partial charge < -0.3 is 78.1 Å². The number of aromatic hydroxyl groups is 2. The summed E-state index contributed by atoms with van der Waals surface area (Å²) in [6.07, 6.45) is -6.04. The standard InChI is InChI=1S/C58H80Cl2O19/c1-15-33-24-28(4)37(62)20-18-17-19-34(26-72-56-50(71-14)45(65)48(32(8)74-56)76-54(70)40-35(16-2)41(59)44(64)42(60)43(40)63)52(68)75-38(30(6)61)22-21-27(3)23-29(5)47(33)78-55-46(66)49(51(67)58(12,13)79-55)77-53(69)36-25-39(57(9,10)11)73-31(36)7/h17-19,21,23-25,30,32-33,37-38,45-51,55-56,61-67H,15-16,20,22,26H2,1-14H3/b18-17+,27-21+,28-24+,29-23+,34-19+/t30-,32-,33+,37+,38+,45+,46+,47+,48-,49-,50+,51+,55-,56-/m1/s1. The smallest absolute Gasteiger partial charge is 0.342 e. The van der Waals surface area contributed by atoms with Crippen molar-refractivity contribution in [2.24, 2.45) is 5.92 Å². The summed E-state index contributed by atoms with van der Waals surface area (Å²) < 4.78 is 53.9. The zero-order chi connectivity index (χ0) is 59.2. The minimum absolute atomic E-state index is 0.0452. The number of furan rings is 1. The second kappa shape index (κ2) is 27.4. The van der Waals surface area contributed by atoms with Gasteiger partial charge >= 0.3 is 17.9 Å². The Morgan fingerprint density at radius 2 is 1.56 bits per heavy atom. The Kier molecular flexibility index (Phi) is 22.6. The van der Waals surface area contributed by atoms with Crippen molar-refractivity contribution in [3.05, 3.63) is 103 Å². The van der Waals surface area contributed by atoms with Crippen LogP contribution in [-0.2, 0) is 54.5 Å². The van der Waals surface area contributed by atoms with Crippen molar-refractivity contribution >= 4 is 41.1 Å². The van der Waals surface area contributed by atoms with Gasteiger partial charge in [0.25, 0.3) is 0 Å². The lowest BCUT2D eigenvalue weighted by Gasteiger charge is -2.47. The van der Waals surface area contributed by atoms with Crippen LogP contribution in [0.3, 0.4) is 0 Å². The number of aliphatic hydroxyl groups excluding tert-OH is 5. The van der Waals surface area contributed by atoms with Crippen molar-refractivity contribution in [2.45, 2.75) is 206 Å². The molecular formula is C58H80Cl2O19. The number of allylic oxidation sites excluding steroid dienone is 4. The summed E-state index contributed by atoms with van der Waals surface area (Å²) in [5, 5.41) is 77.5. The first-order valence-corrected chi connectivity index (χ1v) is 27.2. The Bertz CT molecular complexity index is 2640. The number of rotatable bonds is 13. The molecule has 3 aliphatic heterocycles. The van der Waals surface area contributed by atoms with Crippen molar-refractivity contribution in [1.29, 1.82) is 0 Å². The Morgan fingerprint density at radius 3 is 2.15 bits per heavy atom. The van der Waals surface area contributed by atoms with Gasteiger partial charge in [0.1, 0.15) is 58.2 Å². The molecule has 3 aliphatic rings. The average molecular weight is 1150 g/mol. The highest BCUT2D eigenvalue weighted by molar-refractivity contribution is 6.39. The molecule has 440 valence electrons. The van der Waals surface area contributed by atoms with Gasteiger partial charge in [-0.15, -0.1) is 0 Å². The monoisotopic (exact) mass is 1150 g/mol. The summed E-state index contributed by atoms with van der Waals surface area (Å²) in [6, 6.07) is 1.59. The van der Waals surface area contributed by atoms with Gasteiger partial charge in [0.15, 0.2) is 36.3 Å². The van der Waals surface area contributed by atoms with E-state index < -0.39 is 143 Å². The number of hydrogen-bond acceptors (Lipinski definition) is 19. The van der Waals surface area contributed by atoms with Crippen LogP contribution in [0, 0.1) is 12.8 Å². The molecule has 0 radical (unpaired) electrons. The van der Waals surface area contributed by atoms with E-state index in [2.05, 4.69) is 0 Å². The number of halogens is 2. The molecule has 7 N–H and O–H groups in total. The van der Waals surface area contributed by atoms with Crippen LogP contribution in [0.25, 0.3) is 0 Å². The molecule has 0 spiro atoms. The Balaban J connectivity index is 1.39. The molecular weight excluding hydrogens is 1070 g/mol. The molecule has 0 bridgehead atoms. The van der Waals surface area contributed by atoms with Gasteiger partial charge in [-0.2, -0.15) is 0 Å². The molecule has 1 aromatic carbocycles. The molecule has 2 aromatic rings. The van der Waals surface area contributed by atoms with E-state index in [1.165, 1.54) is 33.1 Å². The van der Waals surface area contributed by atoms with Crippen LogP contribution in [0.1, 0.15) is 140 Å². The summed E-state index contributed by atoms with van der Waals surface area (Å²) in [5.41, 5.74) is -0.122. The molecule has 2 saturated heterocycles. The molecule has 5 rings (SSSR count). The van der Waals surface area contributed by atoms with Crippen LogP contribution in [0.4, 0.5) is 0 Å². The van der Waals surface area contributed by atoms with Crippen LogP contribution >= 0.6 is 23.2 Å². The van der Waals surface area contributed by atoms with Crippen molar-refractivity contribution < 1.29 is 92.4 Å². The molecule has 0 unspecified atom stereocenters. The molecule has 14 atom stereocenters. The van der Waals surface area contributed by atoms with Crippen LogP contribution in [0.5, 0.6) is 11.5 Å². The summed E-state index contributed by atoms with van der Waals surface area (Å²) in [4.78, 5) is 41.3. The second-order valence-corrected chi connectivity index (χ2v) is 22.8. The number of ether oxygens (including phenoxy) is 8. The van der Waals surface area contributed by atoms with E-state index in [1.807, 2.05) is 53.7 Å². The van der Waals surface area contributed by atoms with E-state index in [4.69, 9.17) is 65.5 Å². The Labute approximate surface area is 472 Å². The molecule has 0 amide bonds. The molecule has 19 nitrogen and oxygen atoms in total. The van der Waals surface area contributed by atoms with Gasteiger partial charge in [-0.05, 0) is 104 Å². The number of cyclic esters (lactones) is 1. The van der Waals surface area contributed by atoms with Gasteiger partial charge in [0.2, 0.25) is 0 Å². The topological polar surface area (TPSA) is 280 Å². The molecule has 1 aromatic heterocycles. The lowest BCUT2D eigenvalue weighted by Crippen LogP contribution is -2.64. The molecule has 4 heterocycles. The maximum absolute atomic E-state index is 14.0. The second-order valence-electron chi connectivity index (χ2n) is 22.0. The van der Waals surface area contributed by atoms with Crippen LogP contribution < -0.4 is 0 Å². The predicted molar refractivity (Wildman–Crippen MR) is 292 cm³/mol. The largest absolute Gasteiger partial charge is 0.505 e. The van der Waals surface area contributed by atoms with Gasteiger partial charge in [-0.1, -0.05) is 93.8 Å². The number of esters is 3. The number of methoxy groups -OCH3 is 1.